The quantitative estimate of drug-likeness (QED) is 0.802. The van der Waals surface area contributed by atoms with E-state index in [0.717, 1.165) is 28.3 Å². The van der Waals surface area contributed by atoms with Crippen molar-refractivity contribution in [3.63, 3.8) is 0 Å². The number of hydrogen-bond donors (Lipinski definition) is 2. The van der Waals surface area contributed by atoms with Gasteiger partial charge in [0.25, 0.3) is 5.91 Å². The summed E-state index contributed by atoms with van der Waals surface area (Å²) in [6, 6.07) is 6.97. The maximum atomic E-state index is 12.6. The lowest BCUT2D eigenvalue weighted by Gasteiger charge is -2.23. The molecule has 0 radical (unpaired) electrons. The van der Waals surface area contributed by atoms with Crippen LogP contribution in [0.25, 0.3) is 0 Å². The summed E-state index contributed by atoms with van der Waals surface area (Å²) >= 11 is 1.56. The first-order chi connectivity index (χ1) is 12.1. The molecule has 0 spiro atoms. The highest BCUT2D eigenvalue weighted by molar-refractivity contribution is 7.98. The van der Waals surface area contributed by atoms with Crippen LogP contribution in [0, 0.1) is 13.8 Å². The number of aromatic nitrogens is 1. The summed E-state index contributed by atoms with van der Waals surface area (Å²) in [5.74, 6) is 1.14. The minimum atomic E-state index is -0.457. The Bertz CT molecular complexity index is 768. The molecule has 132 valence electrons. The van der Waals surface area contributed by atoms with Gasteiger partial charge in [0.15, 0.2) is 0 Å². The average Bonchev–Trinajstić information content (AvgIpc) is 2.93. The van der Waals surface area contributed by atoms with Gasteiger partial charge >= 0.3 is 0 Å². The molecule has 7 heteroatoms. The first-order valence-electron chi connectivity index (χ1n) is 8.28. The van der Waals surface area contributed by atoms with E-state index >= 15 is 0 Å². The number of carbonyl (C=O) groups excluding carboxylic acids is 2. The molecule has 2 amide bonds. The molecule has 1 aromatic carbocycles. The topological polar surface area (TPSA) is 84.2 Å². The number of benzene rings is 1. The van der Waals surface area contributed by atoms with Crippen LogP contribution in [-0.2, 0) is 10.5 Å². The molecule has 2 heterocycles. The third-order valence-electron chi connectivity index (χ3n) is 4.28. The standard InChI is InChI=1S/C18H21N3O3S/c1-11-14(12(2)24-21-11)10-25-16-8-4-3-6-13(16)17(22)20-15-7-5-9-19-18(15)23/h3-4,6,8,15H,5,7,9-10H2,1-2H3,(H,19,23)(H,20,22)/t15-/m1/s1. The molecule has 2 aromatic rings. The molecule has 1 aliphatic rings. The predicted molar refractivity (Wildman–Crippen MR) is 95.5 cm³/mol. The maximum absolute atomic E-state index is 12.6. The van der Waals surface area contributed by atoms with Gasteiger partial charge in [0.05, 0.1) is 11.3 Å². The van der Waals surface area contributed by atoms with E-state index in [0.29, 0.717) is 24.3 Å². The van der Waals surface area contributed by atoms with Crippen LogP contribution >= 0.6 is 11.8 Å². The van der Waals surface area contributed by atoms with Crippen LogP contribution in [0.1, 0.15) is 40.2 Å². The van der Waals surface area contributed by atoms with Gasteiger partial charge in [-0.1, -0.05) is 17.3 Å². The van der Waals surface area contributed by atoms with Gasteiger partial charge in [-0.25, -0.2) is 0 Å². The van der Waals surface area contributed by atoms with Crippen LogP contribution in [0.15, 0.2) is 33.7 Å². The zero-order chi connectivity index (χ0) is 17.8. The molecule has 1 aromatic heterocycles. The molecular formula is C18H21N3O3S. The van der Waals surface area contributed by atoms with Crippen LogP contribution in [0.2, 0.25) is 0 Å². The molecule has 6 nitrogen and oxygen atoms in total. The number of carbonyl (C=O) groups is 2. The molecule has 0 bridgehead atoms. The van der Waals surface area contributed by atoms with Gasteiger partial charge < -0.3 is 15.2 Å². The molecular weight excluding hydrogens is 338 g/mol. The van der Waals surface area contributed by atoms with Crippen molar-refractivity contribution in [3.05, 3.63) is 46.8 Å². The van der Waals surface area contributed by atoms with Gasteiger partial charge in [-0.15, -0.1) is 11.8 Å². The fourth-order valence-corrected chi connectivity index (χ4v) is 3.99. The minimum absolute atomic E-state index is 0.111. The van der Waals surface area contributed by atoms with Gasteiger partial charge in [0.2, 0.25) is 5.91 Å². The second-order valence-corrected chi connectivity index (χ2v) is 7.06. The van der Waals surface area contributed by atoms with E-state index in [1.165, 1.54) is 0 Å². The number of piperidine rings is 1. The molecule has 1 atom stereocenters. The number of amides is 2. The highest BCUT2D eigenvalue weighted by Gasteiger charge is 2.25. The van der Waals surface area contributed by atoms with Gasteiger partial charge in [0.1, 0.15) is 11.8 Å². The molecule has 0 saturated carbocycles. The lowest BCUT2D eigenvalue weighted by molar-refractivity contribution is -0.124. The molecule has 0 aliphatic carbocycles. The molecule has 25 heavy (non-hydrogen) atoms. The van der Waals surface area contributed by atoms with E-state index in [4.69, 9.17) is 4.52 Å². The van der Waals surface area contributed by atoms with Crippen LogP contribution in [0.4, 0.5) is 0 Å². The van der Waals surface area contributed by atoms with E-state index in [1.54, 1.807) is 17.8 Å². The Labute approximate surface area is 150 Å². The monoisotopic (exact) mass is 359 g/mol. The molecule has 2 N–H and O–H groups in total. The van der Waals surface area contributed by atoms with E-state index in [9.17, 15) is 9.59 Å². The van der Waals surface area contributed by atoms with Crippen LogP contribution in [-0.4, -0.2) is 29.6 Å². The maximum Gasteiger partial charge on any atom is 0.253 e. The molecule has 1 saturated heterocycles. The van der Waals surface area contributed by atoms with Crippen LogP contribution in [0.5, 0.6) is 0 Å². The fraction of sp³-hybridized carbons (Fsp3) is 0.389. The van der Waals surface area contributed by atoms with E-state index < -0.39 is 6.04 Å². The van der Waals surface area contributed by atoms with E-state index in [-0.39, 0.29) is 11.8 Å². The zero-order valence-electron chi connectivity index (χ0n) is 14.3. The first-order valence-corrected chi connectivity index (χ1v) is 9.27. The fourth-order valence-electron chi connectivity index (χ4n) is 2.78. The lowest BCUT2D eigenvalue weighted by atomic mass is 10.1. The molecule has 3 rings (SSSR count). The largest absolute Gasteiger partial charge is 0.361 e. The van der Waals surface area contributed by atoms with Gasteiger partial charge in [-0.2, -0.15) is 0 Å². The van der Waals surface area contributed by atoms with Crippen molar-refractivity contribution < 1.29 is 14.1 Å². The Morgan fingerprint density at radius 3 is 2.92 bits per heavy atom. The van der Waals surface area contributed by atoms with Crippen molar-refractivity contribution in [2.45, 2.75) is 43.4 Å². The highest BCUT2D eigenvalue weighted by atomic mass is 32.2. The summed E-state index contributed by atoms with van der Waals surface area (Å²) in [6.07, 6.45) is 1.55. The summed E-state index contributed by atoms with van der Waals surface area (Å²) in [4.78, 5) is 25.4. The smallest absolute Gasteiger partial charge is 0.253 e. The van der Waals surface area contributed by atoms with E-state index in [2.05, 4.69) is 15.8 Å². The first kappa shape index (κ1) is 17.5. The van der Waals surface area contributed by atoms with E-state index in [1.807, 2.05) is 32.0 Å². The minimum Gasteiger partial charge on any atom is -0.361 e. The second kappa shape index (κ2) is 7.74. The Hall–Kier alpha value is -2.28. The Kier molecular flexibility index (Phi) is 5.43. The Morgan fingerprint density at radius 1 is 1.40 bits per heavy atom. The molecule has 0 unspecified atom stereocenters. The average molecular weight is 359 g/mol. The SMILES string of the molecule is Cc1noc(C)c1CSc1ccccc1C(=O)N[C@@H]1CCCNC1=O. The van der Waals surface area contributed by atoms with Crippen molar-refractivity contribution in [3.8, 4) is 0 Å². The van der Waals surface area contributed by atoms with Crippen molar-refractivity contribution in [2.75, 3.05) is 6.54 Å². The lowest BCUT2D eigenvalue weighted by Crippen LogP contribution is -2.50. The summed E-state index contributed by atoms with van der Waals surface area (Å²) < 4.78 is 5.19. The predicted octanol–water partition coefficient (Wildman–Crippen LogP) is 2.59. The van der Waals surface area contributed by atoms with Crippen LogP contribution in [0.3, 0.4) is 0 Å². The summed E-state index contributed by atoms with van der Waals surface area (Å²) in [5, 5.41) is 9.59. The van der Waals surface area contributed by atoms with Gasteiger partial charge in [0, 0.05) is 22.8 Å². The molecule has 1 fully saturated rings. The van der Waals surface area contributed by atoms with Crippen molar-refractivity contribution in [1.82, 2.24) is 15.8 Å². The summed E-state index contributed by atoms with van der Waals surface area (Å²) in [6.45, 7) is 4.47. The third-order valence-corrected chi connectivity index (χ3v) is 5.38. The third kappa shape index (κ3) is 4.04. The zero-order valence-corrected chi connectivity index (χ0v) is 15.1. The van der Waals surface area contributed by atoms with Crippen molar-refractivity contribution >= 4 is 23.6 Å². The molecule has 1 aliphatic heterocycles. The highest BCUT2D eigenvalue weighted by Crippen LogP contribution is 2.28. The number of rotatable bonds is 5. The normalized spacial score (nSPS) is 17.2. The van der Waals surface area contributed by atoms with Crippen molar-refractivity contribution in [1.29, 1.82) is 0 Å². The van der Waals surface area contributed by atoms with Gasteiger partial charge in [-0.3, -0.25) is 9.59 Å². The Morgan fingerprint density at radius 2 is 2.20 bits per heavy atom. The van der Waals surface area contributed by atoms with Crippen molar-refractivity contribution in [2.24, 2.45) is 0 Å². The number of nitrogens with one attached hydrogen (secondary N) is 2. The number of hydrogen-bond acceptors (Lipinski definition) is 5. The second-order valence-electron chi connectivity index (χ2n) is 6.05. The number of thioether (sulfide) groups is 1. The summed E-state index contributed by atoms with van der Waals surface area (Å²) in [5.41, 5.74) is 2.50. The Balaban J connectivity index is 1.71. The number of nitrogens with zero attached hydrogens (tertiary/aromatic N) is 1. The number of aryl methyl sites for hydroxylation is 2. The van der Waals surface area contributed by atoms with Crippen LogP contribution < -0.4 is 10.6 Å². The van der Waals surface area contributed by atoms with Gasteiger partial charge in [-0.05, 0) is 38.8 Å². The summed E-state index contributed by atoms with van der Waals surface area (Å²) in [7, 11) is 0.